The summed E-state index contributed by atoms with van der Waals surface area (Å²) < 4.78 is 1.52. The van der Waals surface area contributed by atoms with Crippen molar-refractivity contribution in [1.82, 2.24) is 0 Å². The molecule has 0 atom stereocenters. The predicted octanol–water partition coefficient (Wildman–Crippen LogP) is 4.80. The van der Waals surface area contributed by atoms with Gasteiger partial charge in [-0.15, -0.1) is 0 Å². The average molecular weight is 500 g/mol. The van der Waals surface area contributed by atoms with E-state index < -0.39 is 5.34 Å². The van der Waals surface area contributed by atoms with Crippen LogP contribution < -0.4 is 0 Å². The first-order valence-corrected chi connectivity index (χ1v) is 19.3. The van der Waals surface area contributed by atoms with Gasteiger partial charge in [0.05, 0.1) is 0 Å². The van der Waals surface area contributed by atoms with Crippen LogP contribution >= 0.6 is 57.6 Å². The Morgan fingerprint density at radius 1 is 1.11 bits per heavy atom. The summed E-state index contributed by atoms with van der Waals surface area (Å²) in [6.07, 6.45) is 4.26. The van der Waals surface area contributed by atoms with Gasteiger partial charge in [0.2, 0.25) is 0 Å². The Morgan fingerprint density at radius 2 is 1.67 bits per heavy atom. The first-order chi connectivity index (χ1) is 4.06. The van der Waals surface area contributed by atoms with Crippen molar-refractivity contribution in [2.24, 2.45) is 0 Å². The summed E-state index contributed by atoms with van der Waals surface area (Å²) in [7, 11) is 0. The van der Waals surface area contributed by atoms with Gasteiger partial charge in [-0.05, 0) is 0 Å². The molecule has 0 unspecified atom stereocenters. The van der Waals surface area contributed by atoms with Gasteiger partial charge in [0.1, 0.15) is 0 Å². The number of rotatable bonds is 4. The van der Waals surface area contributed by atoms with E-state index in [1.807, 2.05) is 0 Å². The third-order valence-corrected chi connectivity index (χ3v) is 9.17. The maximum absolute atomic E-state index is 2.68. The summed E-state index contributed by atoms with van der Waals surface area (Å²) in [5.74, 6) is 0. The Labute approximate surface area is 91.7 Å². The van der Waals surface area contributed by atoms with Crippen molar-refractivity contribution in [3.63, 3.8) is 0 Å². The van der Waals surface area contributed by atoms with Crippen molar-refractivity contribution >= 4 is 57.6 Å². The van der Waals surface area contributed by atoms with E-state index in [0.29, 0.717) is 0 Å². The molecule has 0 N–H and O–H groups in total. The molecule has 0 amide bonds. The third-order valence-electron chi connectivity index (χ3n) is 1.06. The molecule has 0 aliphatic heterocycles. The first-order valence-electron chi connectivity index (χ1n) is 3.13. The summed E-state index contributed by atoms with van der Waals surface area (Å²) in [6.45, 7) is 2.27. The molecule has 0 spiro atoms. The van der Waals surface area contributed by atoms with Crippen molar-refractivity contribution in [3.05, 3.63) is 0 Å². The summed E-state index contributed by atoms with van der Waals surface area (Å²) in [4.78, 5) is 0. The normalized spacial score (nSPS) is 12.0. The minimum atomic E-state index is -1.22. The number of hydrogen-bond donors (Lipinski definition) is 0. The van der Waals surface area contributed by atoms with Gasteiger partial charge in [-0.2, -0.15) is 0 Å². The van der Waals surface area contributed by atoms with Crippen LogP contribution in [0.4, 0.5) is 0 Å². The average Bonchev–Trinajstić information content (AvgIpc) is 1.63. The van der Waals surface area contributed by atoms with Crippen molar-refractivity contribution in [2.45, 2.75) is 30.9 Å². The zero-order valence-corrected chi connectivity index (χ0v) is 13.5. The van der Waals surface area contributed by atoms with Crippen LogP contribution in [-0.2, 0) is 5.34 Å². The van der Waals surface area contributed by atoms with Crippen molar-refractivity contribution in [3.8, 4) is 0 Å². The van der Waals surface area contributed by atoms with Crippen LogP contribution in [0.3, 0.4) is 0 Å². The molecule has 0 saturated heterocycles. The molecule has 0 aromatic heterocycles. The Kier molecular flexibility index (Phi) is 8.50. The molecule has 56 valence electrons. The van der Waals surface area contributed by atoms with Gasteiger partial charge in [-0.3, -0.25) is 0 Å². The summed E-state index contributed by atoms with van der Waals surface area (Å²) in [5.41, 5.74) is 0. The Bertz CT molecular complexity index is 69.1. The fraction of sp³-hybridized carbons (Fsp3) is 1.00. The Balaban J connectivity index is 3.07. The topological polar surface area (TPSA) is 0 Å². The first kappa shape index (κ1) is 11.9. The summed E-state index contributed by atoms with van der Waals surface area (Å²) in [6, 6.07) is 0. The molecule has 0 rings (SSSR count). The molecule has 0 bridgehead atoms. The number of hydrogen-bond acceptors (Lipinski definition) is 0. The van der Waals surface area contributed by atoms with E-state index in [-0.39, 0.29) is 0 Å². The van der Waals surface area contributed by atoms with Gasteiger partial charge >= 0.3 is 93.8 Å². The number of halogens is 3. The van der Waals surface area contributed by atoms with Crippen LogP contribution in [0.2, 0.25) is 4.73 Å². The van der Waals surface area contributed by atoms with Crippen LogP contribution in [-0.4, -0.2) is 0 Å². The van der Waals surface area contributed by atoms with E-state index in [1.54, 1.807) is 0 Å². The third kappa shape index (κ3) is 10.9. The molecule has 0 aliphatic rings. The van der Waals surface area contributed by atoms with Crippen LogP contribution in [0.5, 0.6) is 0 Å². The summed E-state index contributed by atoms with van der Waals surface area (Å²) >= 11 is 8.03. The van der Waals surface area contributed by atoms with Gasteiger partial charge in [0, 0.05) is 0 Å². The second-order valence-electron chi connectivity index (χ2n) is 2.07. The second kappa shape index (κ2) is 6.42. The van der Waals surface area contributed by atoms with E-state index in [0.717, 1.165) is 0 Å². The summed E-state index contributed by atoms with van der Waals surface area (Å²) in [5, 5.41) is -1.22. The van der Waals surface area contributed by atoms with Crippen LogP contribution in [0.25, 0.3) is 0 Å². The van der Waals surface area contributed by atoms with Gasteiger partial charge in [0.15, 0.2) is 0 Å². The molecule has 0 fully saturated rings. The van der Waals surface area contributed by atoms with Crippen molar-refractivity contribution in [2.75, 3.05) is 0 Å². The van der Waals surface area contributed by atoms with E-state index in [2.05, 4.69) is 64.5 Å². The zero-order valence-electron chi connectivity index (χ0n) is 5.46. The fourth-order valence-electron chi connectivity index (χ4n) is 0.575. The monoisotopic (exact) mass is 500 g/mol. The van der Waals surface area contributed by atoms with Crippen LogP contribution in [0, 0.1) is 0 Å². The maximum atomic E-state index is 2.68. The van der Waals surface area contributed by atoms with E-state index in [9.17, 15) is 0 Å². The minimum absolute atomic E-state index is 1.22. The van der Waals surface area contributed by atoms with Gasteiger partial charge in [-0.1, -0.05) is 0 Å². The molecule has 0 heterocycles. The zero-order chi connectivity index (χ0) is 7.33. The molecule has 0 radical (unpaired) electrons. The SMILES string of the molecule is CCCC[CH2][Ti]([I])([I])[I]. The molecule has 0 saturated carbocycles. The molecular weight excluding hydrogens is 489 g/mol. The molecule has 9 heavy (non-hydrogen) atoms. The predicted molar refractivity (Wildman–Crippen MR) is 66.4 cm³/mol. The van der Waals surface area contributed by atoms with Gasteiger partial charge in [-0.25, -0.2) is 0 Å². The van der Waals surface area contributed by atoms with Crippen molar-refractivity contribution < 1.29 is 5.34 Å². The van der Waals surface area contributed by atoms with E-state index >= 15 is 0 Å². The molecule has 0 aliphatic carbocycles. The quantitative estimate of drug-likeness (QED) is 0.296. The molecule has 0 aromatic carbocycles. The molecule has 0 aromatic rings. The number of unbranched alkanes of at least 4 members (excludes halogenated alkanes) is 2. The standard InChI is InChI=1S/C5H11.3HI.Ti/c1-3-5-4-2;;;;/h1,3-5H2,2H3;3*1H;/q;;;;+3/p-3. The van der Waals surface area contributed by atoms with Crippen LogP contribution in [0.1, 0.15) is 26.2 Å². The fourth-order valence-corrected chi connectivity index (χ4v) is 6.31. The molecular formula is C5H11I3Ti. The van der Waals surface area contributed by atoms with E-state index in [1.165, 1.54) is 24.0 Å². The second-order valence-corrected chi connectivity index (χ2v) is 53.1. The van der Waals surface area contributed by atoms with Gasteiger partial charge < -0.3 is 0 Å². The van der Waals surface area contributed by atoms with Crippen molar-refractivity contribution in [1.29, 1.82) is 0 Å². The van der Waals surface area contributed by atoms with E-state index in [4.69, 9.17) is 0 Å². The molecule has 4 heteroatoms. The van der Waals surface area contributed by atoms with Gasteiger partial charge in [0.25, 0.3) is 0 Å². The Hall–Kier alpha value is 2.90. The Morgan fingerprint density at radius 3 is 2.00 bits per heavy atom. The van der Waals surface area contributed by atoms with Crippen LogP contribution in [0.15, 0.2) is 0 Å². The molecule has 0 nitrogen and oxygen atoms in total.